The largest absolute Gasteiger partial charge is 0.134 e. The Balaban J connectivity index is 1.72. The molecule has 0 radical (unpaired) electrons. The quantitative estimate of drug-likeness (QED) is 0.270. The fourth-order valence-electron chi connectivity index (χ4n) is 5.00. The van der Waals surface area contributed by atoms with Crippen LogP contribution in [0.2, 0.25) is 0 Å². The molecule has 1 aliphatic carbocycles. The Kier molecular flexibility index (Phi) is 3.40. The van der Waals surface area contributed by atoms with Gasteiger partial charge in [0.15, 0.2) is 0 Å². The van der Waals surface area contributed by atoms with E-state index < -0.39 is 0 Å². The third kappa shape index (κ3) is 2.25. The van der Waals surface area contributed by atoms with Crippen LogP contribution in [0.4, 0.5) is 0 Å². The number of hydrogen-bond donors (Lipinski definition) is 0. The lowest BCUT2D eigenvalue weighted by molar-refractivity contribution is 0.661. The van der Waals surface area contributed by atoms with Crippen LogP contribution >= 0.6 is 11.3 Å². The van der Waals surface area contributed by atoms with Gasteiger partial charge in [0.25, 0.3) is 0 Å². The van der Waals surface area contributed by atoms with Gasteiger partial charge < -0.3 is 0 Å². The third-order valence-corrected chi connectivity index (χ3v) is 7.84. The Bertz CT molecular complexity index is 1410. The molecule has 1 aliphatic rings. The van der Waals surface area contributed by atoms with Crippen LogP contribution in [0.5, 0.6) is 0 Å². The van der Waals surface area contributed by atoms with Crippen molar-refractivity contribution in [3.8, 4) is 22.3 Å². The lowest BCUT2D eigenvalue weighted by atomic mass is 9.82. The first-order valence-electron chi connectivity index (χ1n) is 10.2. The molecule has 0 unspecified atom stereocenters. The monoisotopic (exact) mass is 390 g/mol. The molecule has 0 atom stereocenters. The Labute approximate surface area is 175 Å². The van der Waals surface area contributed by atoms with Gasteiger partial charge in [-0.05, 0) is 34.7 Å². The second-order valence-electron chi connectivity index (χ2n) is 8.69. The molecule has 1 heterocycles. The first-order chi connectivity index (χ1) is 14.1. The van der Waals surface area contributed by atoms with E-state index in [1.54, 1.807) is 0 Å². The maximum atomic E-state index is 2.36. The summed E-state index contributed by atoms with van der Waals surface area (Å²) >= 11 is 1.96. The van der Waals surface area contributed by atoms with Gasteiger partial charge in [-0.3, -0.25) is 0 Å². The zero-order valence-electron chi connectivity index (χ0n) is 16.9. The smallest absolute Gasteiger partial charge is 0.0437 e. The first-order valence-corrected chi connectivity index (χ1v) is 11.0. The number of fused-ring (bicyclic) bond motifs is 7. The van der Waals surface area contributed by atoms with E-state index in [-0.39, 0.29) is 5.41 Å². The summed E-state index contributed by atoms with van der Waals surface area (Å²) in [5.74, 6) is 0. The van der Waals surface area contributed by atoms with E-state index in [9.17, 15) is 0 Å². The number of rotatable bonds is 1. The highest BCUT2D eigenvalue weighted by atomic mass is 32.1. The van der Waals surface area contributed by atoms with Crippen LogP contribution in [0.3, 0.4) is 0 Å². The highest BCUT2D eigenvalue weighted by Gasteiger charge is 2.36. The molecule has 0 nitrogen and oxygen atoms in total. The van der Waals surface area contributed by atoms with Crippen molar-refractivity contribution in [3.63, 3.8) is 0 Å². The summed E-state index contributed by atoms with van der Waals surface area (Å²) in [7, 11) is 0. The van der Waals surface area contributed by atoms with Gasteiger partial charge >= 0.3 is 0 Å². The molecule has 0 N–H and O–H groups in total. The molecule has 4 aromatic carbocycles. The zero-order chi connectivity index (χ0) is 19.8. The van der Waals surface area contributed by atoms with Gasteiger partial charge in [-0.25, -0.2) is 0 Å². The normalized spacial score (nSPS) is 14.3. The summed E-state index contributed by atoms with van der Waals surface area (Å²) in [4.78, 5) is 0. The summed E-state index contributed by atoms with van der Waals surface area (Å²) < 4.78 is 2.82. The molecule has 5 aromatic rings. The minimum Gasteiger partial charge on any atom is -0.134 e. The van der Waals surface area contributed by atoms with Crippen molar-refractivity contribution < 1.29 is 0 Å². The minimum atomic E-state index is 0.0517. The van der Waals surface area contributed by atoms with Crippen molar-refractivity contribution in [2.75, 3.05) is 0 Å². The van der Waals surface area contributed by atoms with Gasteiger partial charge in [-0.15, -0.1) is 11.3 Å². The fourth-order valence-corrected chi connectivity index (χ4v) is 6.40. The van der Waals surface area contributed by atoms with Crippen molar-refractivity contribution in [2.45, 2.75) is 26.2 Å². The Morgan fingerprint density at radius 1 is 0.621 bits per heavy atom. The molecule has 0 fully saturated rings. The molecular weight excluding hydrogens is 368 g/mol. The van der Waals surface area contributed by atoms with E-state index in [4.69, 9.17) is 0 Å². The molecule has 29 heavy (non-hydrogen) atoms. The molecule has 0 aliphatic heterocycles. The Morgan fingerprint density at radius 3 is 2.17 bits per heavy atom. The number of thiophene rings is 1. The van der Waals surface area contributed by atoms with E-state index in [0.29, 0.717) is 0 Å². The summed E-state index contributed by atoms with van der Waals surface area (Å²) in [6, 6.07) is 29.3. The highest BCUT2D eigenvalue weighted by Crippen LogP contribution is 2.54. The van der Waals surface area contributed by atoms with Gasteiger partial charge in [0.2, 0.25) is 0 Å². The van der Waals surface area contributed by atoms with Crippen LogP contribution < -0.4 is 0 Å². The van der Waals surface area contributed by atoms with Crippen molar-refractivity contribution in [3.05, 3.63) is 95.6 Å². The summed E-state index contributed by atoms with van der Waals surface area (Å²) in [5.41, 5.74) is 9.73. The molecule has 0 saturated heterocycles. The van der Waals surface area contributed by atoms with E-state index in [1.807, 2.05) is 11.3 Å². The molecular formula is C28H22S. The standard InChI is InChI=1S/C28H22S/c1-17-11-13-18(14-12-17)19-8-6-9-20-21-15-16-24-25(27(21)29-26(19)20)22-7-4-5-10-23(22)28(24,2)3/h4-16H,1-3H3. The second-order valence-corrected chi connectivity index (χ2v) is 9.71. The summed E-state index contributed by atoms with van der Waals surface area (Å²) in [5, 5.41) is 2.75. The fraction of sp³-hybridized carbons (Fsp3) is 0.143. The molecule has 0 saturated carbocycles. The van der Waals surface area contributed by atoms with Crippen molar-refractivity contribution in [2.24, 2.45) is 0 Å². The average Bonchev–Trinajstić information content (AvgIpc) is 3.22. The average molecular weight is 391 g/mol. The number of hydrogen-bond acceptors (Lipinski definition) is 1. The third-order valence-electron chi connectivity index (χ3n) is 6.57. The van der Waals surface area contributed by atoms with Crippen LogP contribution in [0.25, 0.3) is 42.4 Å². The maximum absolute atomic E-state index is 2.36. The molecule has 0 spiro atoms. The highest BCUT2D eigenvalue weighted by molar-refractivity contribution is 7.27. The second kappa shape index (κ2) is 5.81. The van der Waals surface area contributed by atoms with Gasteiger partial charge in [0, 0.05) is 31.2 Å². The summed E-state index contributed by atoms with van der Waals surface area (Å²) in [6.07, 6.45) is 0. The van der Waals surface area contributed by atoms with Crippen LogP contribution in [0.1, 0.15) is 30.5 Å². The number of aryl methyl sites for hydroxylation is 1. The Morgan fingerprint density at radius 2 is 1.34 bits per heavy atom. The van der Waals surface area contributed by atoms with Crippen molar-refractivity contribution >= 4 is 31.5 Å². The van der Waals surface area contributed by atoms with E-state index in [1.165, 1.54) is 59.1 Å². The van der Waals surface area contributed by atoms with Gasteiger partial charge in [-0.2, -0.15) is 0 Å². The van der Waals surface area contributed by atoms with E-state index in [2.05, 4.69) is 99.6 Å². The number of benzene rings is 4. The Hall–Kier alpha value is -2.90. The first kappa shape index (κ1) is 17.0. The molecule has 0 bridgehead atoms. The zero-order valence-corrected chi connectivity index (χ0v) is 17.7. The van der Waals surface area contributed by atoms with Crippen LogP contribution in [0.15, 0.2) is 78.9 Å². The molecule has 0 amide bonds. The van der Waals surface area contributed by atoms with Crippen molar-refractivity contribution in [1.29, 1.82) is 0 Å². The topological polar surface area (TPSA) is 0 Å². The van der Waals surface area contributed by atoms with E-state index >= 15 is 0 Å². The molecule has 140 valence electrons. The van der Waals surface area contributed by atoms with Gasteiger partial charge in [0.1, 0.15) is 0 Å². The minimum absolute atomic E-state index is 0.0517. The van der Waals surface area contributed by atoms with Crippen LogP contribution in [-0.2, 0) is 5.41 Å². The summed E-state index contributed by atoms with van der Waals surface area (Å²) in [6.45, 7) is 6.86. The lowest BCUT2D eigenvalue weighted by Gasteiger charge is -2.21. The maximum Gasteiger partial charge on any atom is 0.0437 e. The van der Waals surface area contributed by atoms with Crippen molar-refractivity contribution in [1.82, 2.24) is 0 Å². The van der Waals surface area contributed by atoms with E-state index in [0.717, 1.165) is 0 Å². The predicted octanol–water partition coefficient (Wildman–Crippen LogP) is 8.34. The van der Waals surface area contributed by atoms with Crippen LogP contribution in [0, 0.1) is 6.92 Å². The van der Waals surface area contributed by atoms with Gasteiger partial charge in [0.05, 0.1) is 0 Å². The molecule has 6 rings (SSSR count). The molecule has 1 heteroatoms. The van der Waals surface area contributed by atoms with Gasteiger partial charge in [-0.1, -0.05) is 98.3 Å². The SMILES string of the molecule is Cc1ccc(-c2cccc3c2sc2c4c(ccc23)C(C)(C)c2ccccc2-4)cc1. The predicted molar refractivity (Wildman–Crippen MR) is 127 cm³/mol. The van der Waals surface area contributed by atoms with Crippen LogP contribution in [-0.4, -0.2) is 0 Å². The lowest BCUT2D eigenvalue weighted by Crippen LogP contribution is -2.14. The molecule has 1 aromatic heterocycles.